The molecule has 1 saturated heterocycles. The Morgan fingerprint density at radius 1 is 0.803 bits per heavy atom. The number of anilines is 2. The van der Waals surface area contributed by atoms with Crippen molar-refractivity contribution in [1.82, 2.24) is 39.4 Å². The van der Waals surface area contributed by atoms with E-state index in [0.717, 1.165) is 63.1 Å². The molecule has 18 nitrogen and oxygen atoms in total. The number of hydrogen-bond donors (Lipinski definition) is 1. The maximum absolute atomic E-state index is 6.51. The Kier molecular flexibility index (Phi) is 20.2. The second kappa shape index (κ2) is 26.5. The smallest absolute Gasteiger partial charge is 0.256 e. The number of ether oxygens (including phenoxy) is 9. The van der Waals surface area contributed by atoms with Crippen LogP contribution in [0.4, 0.5) is 11.6 Å². The quantitative estimate of drug-likeness (QED) is 0.0713. The number of rotatable bonds is 29. The Morgan fingerprint density at radius 3 is 2.08 bits per heavy atom. The lowest BCUT2D eigenvalue weighted by atomic mass is 9.90. The van der Waals surface area contributed by atoms with Crippen LogP contribution < -0.4 is 14.8 Å². The molecule has 1 atom stereocenters. The summed E-state index contributed by atoms with van der Waals surface area (Å²) in [7, 11) is 1.65. The lowest BCUT2D eigenvalue weighted by Crippen LogP contribution is -2.45. The minimum absolute atomic E-state index is 0.182. The average Bonchev–Trinajstić information content (AvgIpc) is 3.95. The van der Waals surface area contributed by atoms with E-state index in [2.05, 4.69) is 30.3 Å². The predicted octanol–water partition coefficient (Wildman–Crippen LogP) is 5.11. The fraction of sp³-hybridized carbons (Fsp3) is 0.643. The second-order valence-electron chi connectivity index (χ2n) is 14.8. The van der Waals surface area contributed by atoms with Gasteiger partial charge >= 0.3 is 0 Å². The SMILES string of the molecule is COCCOCCOCCOCCOCCOCCCOc1nn([C@H]2CC[C@H](N3CCOCC3)CC2)cc1Nc1ncc(-c2ccc(Cl)c(O[C@@H](C)Cn3cncn3)c2)cn1. The lowest BCUT2D eigenvalue weighted by Gasteiger charge is -2.38. The van der Waals surface area contributed by atoms with Crippen LogP contribution in [-0.4, -0.2) is 164 Å². The molecule has 4 aromatic rings. The first kappa shape index (κ1) is 46.5. The molecule has 336 valence electrons. The summed E-state index contributed by atoms with van der Waals surface area (Å²) in [6.45, 7) is 12.3. The van der Waals surface area contributed by atoms with Gasteiger partial charge in [-0.2, -0.15) is 5.10 Å². The van der Waals surface area contributed by atoms with Gasteiger partial charge in [0.2, 0.25) is 5.95 Å². The monoisotopic (exact) mass is 871 g/mol. The van der Waals surface area contributed by atoms with E-state index in [9.17, 15) is 0 Å². The molecule has 0 bridgehead atoms. The molecule has 2 fully saturated rings. The predicted molar refractivity (Wildman–Crippen MR) is 228 cm³/mol. The molecule has 3 aromatic heterocycles. The number of nitrogens with zero attached hydrogens (tertiary/aromatic N) is 8. The molecule has 4 heterocycles. The third-order valence-corrected chi connectivity index (χ3v) is 10.6. The van der Waals surface area contributed by atoms with E-state index in [1.54, 1.807) is 30.5 Å². The van der Waals surface area contributed by atoms with E-state index in [-0.39, 0.29) is 12.1 Å². The van der Waals surface area contributed by atoms with Gasteiger partial charge in [-0.1, -0.05) is 17.7 Å². The van der Waals surface area contributed by atoms with Crippen LogP contribution in [0.25, 0.3) is 11.1 Å². The zero-order valence-corrected chi connectivity index (χ0v) is 36.3. The van der Waals surface area contributed by atoms with Crippen molar-refractivity contribution in [2.75, 3.05) is 118 Å². The van der Waals surface area contributed by atoms with Crippen LogP contribution in [0.3, 0.4) is 0 Å². The first-order chi connectivity index (χ1) is 30.1. The molecule has 1 aliphatic heterocycles. The summed E-state index contributed by atoms with van der Waals surface area (Å²) < 4.78 is 54.5. The molecule has 2 aliphatic rings. The summed E-state index contributed by atoms with van der Waals surface area (Å²) in [5.74, 6) is 1.50. The molecule has 6 rings (SSSR count). The van der Waals surface area contributed by atoms with Gasteiger partial charge in [-0.05, 0) is 50.3 Å². The van der Waals surface area contributed by atoms with Crippen molar-refractivity contribution < 1.29 is 42.6 Å². The van der Waals surface area contributed by atoms with Crippen molar-refractivity contribution in [1.29, 1.82) is 0 Å². The van der Waals surface area contributed by atoms with Gasteiger partial charge in [0.25, 0.3) is 5.88 Å². The normalized spacial score (nSPS) is 17.7. The first-order valence-electron chi connectivity index (χ1n) is 21.3. The van der Waals surface area contributed by atoms with Gasteiger partial charge in [-0.3, -0.25) is 9.58 Å². The molecule has 1 aromatic carbocycles. The summed E-state index contributed by atoms with van der Waals surface area (Å²) in [6.07, 6.45) is 13.6. The topological polar surface area (TPSA) is 173 Å². The molecule has 0 radical (unpaired) electrons. The Morgan fingerprint density at radius 2 is 1.44 bits per heavy atom. The number of morpholine rings is 1. The minimum atomic E-state index is -0.182. The average molecular weight is 872 g/mol. The van der Waals surface area contributed by atoms with Crippen LogP contribution in [0.15, 0.2) is 49.4 Å². The van der Waals surface area contributed by atoms with E-state index >= 15 is 0 Å². The van der Waals surface area contributed by atoms with Crippen LogP contribution in [0.5, 0.6) is 11.6 Å². The Balaban J connectivity index is 0.950. The molecule has 1 saturated carbocycles. The van der Waals surface area contributed by atoms with Crippen LogP contribution in [0.2, 0.25) is 5.02 Å². The van der Waals surface area contributed by atoms with Gasteiger partial charge in [0.05, 0.1) is 110 Å². The zero-order valence-electron chi connectivity index (χ0n) is 35.5. The van der Waals surface area contributed by atoms with Gasteiger partial charge < -0.3 is 47.9 Å². The molecule has 1 aliphatic carbocycles. The Labute approximate surface area is 363 Å². The third-order valence-electron chi connectivity index (χ3n) is 10.3. The summed E-state index contributed by atoms with van der Waals surface area (Å²) in [4.78, 5) is 15.9. The molecule has 61 heavy (non-hydrogen) atoms. The highest BCUT2D eigenvalue weighted by Crippen LogP contribution is 2.35. The molecule has 1 N–H and O–H groups in total. The van der Waals surface area contributed by atoms with Crippen molar-refractivity contribution in [2.45, 2.75) is 63.8 Å². The second-order valence-corrected chi connectivity index (χ2v) is 15.2. The number of aromatic nitrogens is 7. The van der Waals surface area contributed by atoms with Gasteiger partial charge in [0, 0.05) is 57.2 Å². The maximum Gasteiger partial charge on any atom is 0.256 e. The lowest BCUT2D eigenvalue weighted by molar-refractivity contribution is -0.0150. The standard InChI is InChI=1S/C42H62ClN9O9/c1-33(29-51-32-44-31-47-51)61-40-26-34(4-9-38(40)43)35-27-45-42(46-28-35)48-39-30-52(37-7-5-36(6-8-37)50-10-14-55-15-11-50)49-41(39)60-13-3-12-54-18-19-57-22-23-59-25-24-58-21-20-56-17-16-53-2/h4,9,26-28,30-33,36-37H,3,5-8,10-25,29H2,1-2H3,(H,45,46,48)/t33-,36-,37-/m0/s1. The number of hydrogen-bond acceptors (Lipinski definition) is 16. The van der Waals surface area contributed by atoms with Crippen LogP contribution >= 0.6 is 11.6 Å². The highest BCUT2D eigenvalue weighted by molar-refractivity contribution is 6.32. The molecule has 0 unspecified atom stereocenters. The van der Waals surface area contributed by atoms with Crippen molar-refractivity contribution in [3.05, 3.63) is 54.5 Å². The van der Waals surface area contributed by atoms with E-state index in [1.807, 2.05) is 36.0 Å². The minimum Gasteiger partial charge on any atom is -0.487 e. The van der Waals surface area contributed by atoms with E-state index in [4.69, 9.17) is 59.3 Å². The van der Waals surface area contributed by atoms with Crippen molar-refractivity contribution >= 4 is 23.2 Å². The molecule has 0 amide bonds. The molecule has 19 heteroatoms. The highest BCUT2D eigenvalue weighted by atomic mass is 35.5. The zero-order chi connectivity index (χ0) is 42.3. The van der Waals surface area contributed by atoms with Gasteiger partial charge in [-0.15, -0.1) is 5.10 Å². The Hall–Kier alpha value is -3.98. The van der Waals surface area contributed by atoms with Gasteiger partial charge in [0.15, 0.2) is 0 Å². The summed E-state index contributed by atoms with van der Waals surface area (Å²) in [5, 5.41) is 13.0. The van der Waals surface area contributed by atoms with Crippen molar-refractivity contribution in [2.24, 2.45) is 0 Å². The number of nitrogens with one attached hydrogen (secondary N) is 1. The molecular formula is C42H62ClN9O9. The van der Waals surface area contributed by atoms with Gasteiger partial charge in [-0.25, -0.2) is 19.6 Å². The molecular weight excluding hydrogens is 810 g/mol. The van der Waals surface area contributed by atoms with Crippen LogP contribution in [-0.2, 0) is 39.7 Å². The maximum atomic E-state index is 6.51. The van der Waals surface area contributed by atoms with Crippen molar-refractivity contribution in [3.8, 4) is 22.8 Å². The van der Waals surface area contributed by atoms with E-state index < -0.39 is 0 Å². The molecule has 0 spiro atoms. The fourth-order valence-corrected chi connectivity index (χ4v) is 7.28. The summed E-state index contributed by atoms with van der Waals surface area (Å²) >= 11 is 6.51. The number of methoxy groups -OCH3 is 1. The van der Waals surface area contributed by atoms with Crippen LogP contribution in [0.1, 0.15) is 45.1 Å². The van der Waals surface area contributed by atoms with E-state index in [1.165, 1.54) is 6.33 Å². The Bertz CT molecular complexity index is 1780. The summed E-state index contributed by atoms with van der Waals surface area (Å²) in [6, 6.07) is 6.49. The third kappa shape index (κ3) is 16.0. The first-order valence-corrected chi connectivity index (χ1v) is 21.7. The summed E-state index contributed by atoms with van der Waals surface area (Å²) in [5.41, 5.74) is 2.40. The number of halogens is 1. The van der Waals surface area contributed by atoms with Crippen LogP contribution in [0, 0.1) is 0 Å². The highest BCUT2D eigenvalue weighted by Gasteiger charge is 2.29. The van der Waals surface area contributed by atoms with E-state index in [0.29, 0.717) is 127 Å². The number of benzene rings is 1. The van der Waals surface area contributed by atoms with Gasteiger partial charge in [0.1, 0.15) is 30.2 Å². The largest absolute Gasteiger partial charge is 0.487 e. The fourth-order valence-electron chi connectivity index (χ4n) is 7.12. The van der Waals surface area contributed by atoms with Crippen molar-refractivity contribution in [3.63, 3.8) is 0 Å².